The fraction of sp³-hybridized carbons (Fsp3) is 0.312. The molecule has 2 heteroatoms. The molecule has 0 aromatic heterocycles. The van der Waals surface area contributed by atoms with Gasteiger partial charge >= 0.3 is 0 Å². The Bertz CT molecular complexity index is 597. The van der Waals surface area contributed by atoms with Crippen molar-refractivity contribution in [1.82, 2.24) is 0 Å². The maximum Gasteiger partial charge on any atom is 0.122 e. The quantitative estimate of drug-likeness (QED) is 0.622. The van der Waals surface area contributed by atoms with Gasteiger partial charge in [-0.05, 0) is 34.2 Å². The second-order valence-corrected chi connectivity index (χ2v) is 5.43. The Morgan fingerprint density at radius 1 is 1.11 bits per heavy atom. The molecule has 0 unspecified atom stereocenters. The summed E-state index contributed by atoms with van der Waals surface area (Å²) in [6.07, 6.45) is 1.12. The highest BCUT2D eigenvalue weighted by molar-refractivity contribution is 5.99. The maximum absolute atomic E-state index is 7.46. The van der Waals surface area contributed by atoms with Crippen LogP contribution in [0.1, 0.15) is 38.3 Å². The molecule has 0 fully saturated rings. The molecule has 94 valence electrons. The van der Waals surface area contributed by atoms with Gasteiger partial charge in [-0.15, -0.1) is 0 Å². The summed E-state index contributed by atoms with van der Waals surface area (Å²) in [6, 6.07) is 12.5. The van der Waals surface area contributed by atoms with Crippen LogP contribution in [0.25, 0.3) is 10.8 Å². The Morgan fingerprint density at radius 3 is 2.33 bits per heavy atom. The highest BCUT2D eigenvalue weighted by Crippen LogP contribution is 2.29. The zero-order valence-corrected chi connectivity index (χ0v) is 11.2. The van der Waals surface area contributed by atoms with Crippen molar-refractivity contribution in [3.8, 4) is 0 Å². The van der Waals surface area contributed by atoms with E-state index in [0.717, 1.165) is 17.4 Å². The van der Waals surface area contributed by atoms with Crippen molar-refractivity contribution in [2.75, 3.05) is 0 Å². The summed E-state index contributed by atoms with van der Waals surface area (Å²) in [7, 11) is 0. The van der Waals surface area contributed by atoms with E-state index in [9.17, 15) is 0 Å². The highest BCUT2D eigenvalue weighted by atomic mass is 14.7. The van der Waals surface area contributed by atoms with Crippen molar-refractivity contribution in [2.45, 2.75) is 32.6 Å². The molecule has 18 heavy (non-hydrogen) atoms. The van der Waals surface area contributed by atoms with Crippen molar-refractivity contribution < 1.29 is 0 Å². The SMILES string of the molecule is CCC(C)(C)c1ccc2cc(C(=N)N)ccc2c1. The van der Waals surface area contributed by atoms with Gasteiger partial charge in [-0.25, -0.2) is 0 Å². The lowest BCUT2D eigenvalue weighted by Crippen LogP contribution is -2.15. The zero-order chi connectivity index (χ0) is 13.3. The molecule has 0 atom stereocenters. The monoisotopic (exact) mass is 240 g/mol. The van der Waals surface area contributed by atoms with Crippen LogP contribution in [-0.2, 0) is 5.41 Å². The predicted molar refractivity (Wildman–Crippen MR) is 78.3 cm³/mol. The minimum Gasteiger partial charge on any atom is -0.384 e. The Balaban J connectivity index is 2.54. The lowest BCUT2D eigenvalue weighted by atomic mass is 9.81. The van der Waals surface area contributed by atoms with Gasteiger partial charge < -0.3 is 5.73 Å². The summed E-state index contributed by atoms with van der Waals surface area (Å²) in [5.74, 6) is 0.120. The smallest absolute Gasteiger partial charge is 0.122 e. The van der Waals surface area contributed by atoms with Gasteiger partial charge in [0.15, 0.2) is 0 Å². The summed E-state index contributed by atoms with van der Waals surface area (Å²) in [5, 5.41) is 9.80. The molecule has 0 saturated carbocycles. The molecule has 0 saturated heterocycles. The highest BCUT2D eigenvalue weighted by Gasteiger charge is 2.17. The van der Waals surface area contributed by atoms with Gasteiger partial charge in [-0.2, -0.15) is 0 Å². The summed E-state index contributed by atoms with van der Waals surface area (Å²) in [4.78, 5) is 0. The molecule has 3 N–H and O–H groups in total. The van der Waals surface area contributed by atoms with E-state index >= 15 is 0 Å². The Labute approximate surface area is 108 Å². The first-order chi connectivity index (χ1) is 8.44. The number of fused-ring (bicyclic) bond motifs is 1. The predicted octanol–water partition coefficient (Wildman–Crippen LogP) is 3.81. The van der Waals surface area contributed by atoms with Crippen molar-refractivity contribution >= 4 is 16.6 Å². The van der Waals surface area contributed by atoms with Gasteiger partial charge in [-0.3, -0.25) is 5.41 Å². The van der Waals surface area contributed by atoms with Gasteiger partial charge in [0.2, 0.25) is 0 Å². The molecule has 0 radical (unpaired) electrons. The summed E-state index contributed by atoms with van der Waals surface area (Å²) >= 11 is 0. The fourth-order valence-corrected chi connectivity index (χ4v) is 2.04. The third kappa shape index (κ3) is 2.23. The van der Waals surface area contributed by atoms with E-state index in [1.54, 1.807) is 0 Å². The fourth-order valence-electron chi connectivity index (χ4n) is 2.04. The molecule has 2 aromatic carbocycles. The number of nitrogens with one attached hydrogen (secondary N) is 1. The number of rotatable bonds is 3. The molecule has 0 bridgehead atoms. The van der Waals surface area contributed by atoms with Gasteiger partial charge in [0.25, 0.3) is 0 Å². The van der Waals surface area contributed by atoms with E-state index in [1.165, 1.54) is 10.9 Å². The lowest BCUT2D eigenvalue weighted by molar-refractivity contribution is 0.507. The Kier molecular flexibility index (Phi) is 3.12. The maximum atomic E-state index is 7.46. The molecule has 0 amide bonds. The van der Waals surface area contributed by atoms with Crippen LogP contribution in [0.4, 0.5) is 0 Å². The van der Waals surface area contributed by atoms with Crippen molar-refractivity contribution in [3.05, 3.63) is 47.5 Å². The lowest BCUT2D eigenvalue weighted by Gasteiger charge is -2.23. The standard InChI is InChI=1S/C16H20N2/c1-4-16(2,3)14-8-7-11-9-13(15(17)18)6-5-12(11)10-14/h5-10H,4H2,1-3H3,(H3,17,18). The number of hydrogen-bond donors (Lipinski definition) is 2. The van der Waals surface area contributed by atoms with Crippen molar-refractivity contribution in [3.63, 3.8) is 0 Å². The van der Waals surface area contributed by atoms with Crippen LogP contribution in [-0.4, -0.2) is 5.84 Å². The van der Waals surface area contributed by atoms with Gasteiger partial charge in [-0.1, -0.05) is 51.1 Å². The topological polar surface area (TPSA) is 49.9 Å². The minimum atomic E-state index is 0.120. The van der Waals surface area contributed by atoms with Crippen LogP contribution < -0.4 is 5.73 Å². The second-order valence-electron chi connectivity index (χ2n) is 5.43. The van der Waals surface area contributed by atoms with E-state index in [4.69, 9.17) is 11.1 Å². The third-order valence-electron chi connectivity index (χ3n) is 3.82. The largest absolute Gasteiger partial charge is 0.384 e. The number of nitrogen functional groups attached to an aromatic ring is 1. The third-order valence-corrected chi connectivity index (χ3v) is 3.82. The van der Waals surface area contributed by atoms with Crippen LogP contribution in [0.2, 0.25) is 0 Å². The van der Waals surface area contributed by atoms with Crippen LogP contribution in [0, 0.1) is 5.41 Å². The molecule has 0 aliphatic carbocycles. The molecule has 2 aromatic rings. The van der Waals surface area contributed by atoms with Crippen LogP contribution in [0.5, 0.6) is 0 Å². The molecule has 2 rings (SSSR count). The molecule has 2 nitrogen and oxygen atoms in total. The zero-order valence-electron chi connectivity index (χ0n) is 11.2. The van der Waals surface area contributed by atoms with Gasteiger partial charge in [0.05, 0.1) is 0 Å². The van der Waals surface area contributed by atoms with E-state index in [-0.39, 0.29) is 11.3 Å². The first-order valence-electron chi connectivity index (χ1n) is 6.33. The summed E-state index contributed by atoms with van der Waals surface area (Å²) in [6.45, 7) is 6.74. The van der Waals surface area contributed by atoms with Crippen LogP contribution >= 0.6 is 0 Å². The van der Waals surface area contributed by atoms with Crippen LogP contribution in [0.15, 0.2) is 36.4 Å². The van der Waals surface area contributed by atoms with E-state index < -0.39 is 0 Å². The minimum absolute atomic E-state index is 0.120. The van der Waals surface area contributed by atoms with E-state index in [0.29, 0.717) is 0 Å². The molecule has 0 heterocycles. The summed E-state index contributed by atoms with van der Waals surface area (Å²) in [5.41, 5.74) is 7.85. The first-order valence-corrected chi connectivity index (χ1v) is 6.33. The van der Waals surface area contributed by atoms with Crippen LogP contribution in [0.3, 0.4) is 0 Å². The Hall–Kier alpha value is -1.83. The molecule has 0 aliphatic heterocycles. The molecule has 0 aliphatic rings. The molecule has 0 spiro atoms. The summed E-state index contributed by atoms with van der Waals surface area (Å²) < 4.78 is 0. The van der Waals surface area contributed by atoms with E-state index in [2.05, 4.69) is 39.0 Å². The number of hydrogen-bond acceptors (Lipinski definition) is 1. The normalized spacial score (nSPS) is 11.7. The molecular formula is C16H20N2. The Morgan fingerprint density at radius 2 is 1.72 bits per heavy atom. The molecular weight excluding hydrogens is 220 g/mol. The van der Waals surface area contributed by atoms with E-state index in [1.807, 2.05) is 18.2 Å². The van der Waals surface area contributed by atoms with Gasteiger partial charge in [0, 0.05) is 5.56 Å². The first kappa shape index (κ1) is 12.6. The second kappa shape index (κ2) is 4.45. The average molecular weight is 240 g/mol. The number of benzene rings is 2. The number of nitrogens with two attached hydrogens (primary N) is 1. The average Bonchev–Trinajstić information content (AvgIpc) is 2.37. The van der Waals surface area contributed by atoms with Crippen molar-refractivity contribution in [2.24, 2.45) is 5.73 Å². The number of amidine groups is 1. The van der Waals surface area contributed by atoms with Gasteiger partial charge in [0.1, 0.15) is 5.84 Å². The van der Waals surface area contributed by atoms with Crippen molar-refractivity contribution in [1.29, 1.82) is 5.41 Å².